The Hall–Kier alpha value is -1.76. The Balaban J connectivity index is 2.34. The molecule has 0 aliphatic carbocycles. The van der Waals surface area contributed by atoms with Crippen molar-refractivity contribution in [1.29, 1.82) is 0 Å². The van der Waals surface area contributed by atoms with Crippen molar-refractivity contribution in [2.45, 2.75) is 26.2 Å². The van der Waals surface area contributed by atoms with Gasteiger partial charge < -0.3 is 0 Å². The minimum absolute atomic E-state index is 0.0258. The molecule has 2 aromatic heterocycles. The number of hydrogen-bond acceptors (Lipinski definition) is 5. The van der Waals surface area contributed by atoms with Crippen molar-refractivity contribution < 1.29 is 4.92 Å². The second-order valence-electron chi connectivity index (χ2n) is 4.66. The molecular formula is C10H12N4O2S. The van der Waals surface area contributed by atoms with Gasteiger partial charge in [-0.25, -0.2) is 9.67 Å². The smallest absolute Gasteiger partial charge is 0.258 e. The van der Waals surface area contributed by atoms with Crippen LogP contribution >= 0.6 is 11.3 Å². The lowest BCUT2D eigenvalue weighted by molar-refractivity contribution is -0.384. The van der Waals surface area contributed by atoms with Crippen molar-refractivity contribution in [1.82, 2.24) is 14.8 Å². The average Bonchev–Trinajstić information content (AvgIpc) is 2.85. The summed E-state index contributed by atoms with van der Waals surface area (Å²) < 4.78 is 1.42. The highest BCUT2D eigenvalue weighted by Gasteiger charge is 2.19. The van der Waals surface area contributed by atoms with E-state index in [1.807, 2.05) is 5.38 Å². The van der Waals surface area contributed by atoms with E-state index in [9.17, 15) is 10.1 Å². The molecule has 6 nitrogen and oxygen atoms in total. The van der Waals surface area contributed by atoms with Crippen molar-refractivity contribution in [3.8, 4) is 5.82 Å². The Kier molecular flexibility index (Phi) is 2.70. The summed E-state index contributed by atoms with van der Waals surface area (Å²) in [5.41, 5.74) is -0.0579. The van der Waals surface area contributed by atoms with Crippen LogP contribution in [0, 0.1) is 10.1 Å². The van der Waals surface area contributed by atoms with E-state index in [1.165, 1.54) is 28.4 Å². The molecule has 0 amide bonds. The maximum absolute atomic E-state index is 10.5. The third-order valence-corrected chi connectivity index (χ3v) is 3.40. The summed E-state index contributed by atoms with van der Waals surface area (Å²) >= 11 is 1.53. The van der Waals surface area contributed by atoms with Gasteiger partial charge in [0.25, 0.3) is 0 Å². The van der Waals surface area contributed by atoms with Crippen LogP contribution in [0.1, 0.15) is 25.8 Å². The van der Waals surface area contributed by atoms with Crippen LogP contribution in [0.3, 0.4) is 0 Å². The lowest BCUT2D eigenvalue weighted by atomic mass is 9.98. The first-order valence-corrected chi connectivity index (χ1v) is 5.91. The first-order chi connectivity index (χ1) is 7.88. The number of nitro groups is 1. The Bertz CT molecular complexity index is 553. The Morgan fingerprint density at radius 3 is 2.65 bits per heavy atom. The molecule has 2 rings (SSSR count). The van der Waals surface area contributed by atoms with E-state index >= 15 is 0 Å². The van der Waals surface area contributed by atoms with Crippen LogP contribution in [-0.2, 0) is 5.41 Å². The lowest BCUT2D eigenvalue weighted by Gasteiger charge is -2.13. The lowest BCUT2D eigenvalue weighted by Crippen LogP contribution is -2.10. The van der Waals surface area contributed by atoms with Gasteiger partial charge in [-0.2, -0.15) is 5.10 Å². The molecule has 0 bridgehead atoms. The SMILES string of the molecule is CC(C)(C)c1nc(-n2cc([N+](=O)[O-])cn2)cs1. The van der Waals surface area contributed by atoms with E-state index in [-0.39, 0.29) is 11.1 Å². The predicted octanol–water partition coefficient (Wildman–Crippen LogP) is 2.53. The Morgan fingerprint density at radius 2 is 2.18 bits per heavy atom. The Morgan fingerprint density at radius 1 is 1.47 bits per heavy atom. The summed E-state index contributed by atoms with van der Waals surface area (Å²) in [6.07, 6.45) is 2.58. The molecule has 17 heavy (non-hydrogen) atoms. The zero-order chi connectivity index (χ0) is 12.6. The average molecular weight is 252 g/mol. The fourth-order valence-corrected chi connectivity index (χ4v) is 2.13. The van der Waals surface area contributed by atoms with Crippen LogP contribution in [0.4, 0.5) is 5.69 Å². The van der Waals surface area contributed by atoms with E-state index in [4.69, 9.17) is 0 Å². The van der Waals surface area contributed by atoms with Gasteiger partial charge in [0, 0.05) is 10.8 Å². The molecule has 0 fully saturated rings. The fourth-order valence-electron chi connectivity index (χ4n) is 1.25. The van der Waals surface area contributed by atoms with Gasteiger partial charge in [0.05, 0.1) is 4.92 Å². The molecule has 90 valence electrons. The number of aromatic nitrogens is 3. The molecule has 2 aromatic rings. The molecule has 0 atom stereocenters. The minimum atomic E-state index is -0.472. The van der Waals surface area contributed by atoms with Crippen molar-refractivity contribution in [2.24, 2.45) is 0 Å². The molecule has 0 saturated carbocycles. The highest BCUT2D eigenvalue weighted by molar-refractivity contribution is 7.10. The van der Waals surface area contributed by atoms with E-state index < -0.39 is 4.92 Å². The Labute approximate surface area is 102 Å². The van der Waals surface area contributed by atoms with Gasteiger partial charge in [-0.1, -0.05) is 20.8 Å². The van der Waals surface area contributed by atoms with E-state index in [1.54, 1.807) is 0 Å². The topological polar surface area (TPSA) is 73.8 Å². The predicted molar refractivity (Wildman–Crippen MR) is 64.6 cm³/mol. The molecule has 0 radical (unpaired) electrons. The van der Waals surface area contributed by atoms with Crippen molar-refractivity contribution in [2.75, 3.05) is 0 Å². The number of hydrogen-bond donors (Lipinski definition) is 0. The molecule has 0 spiro atoms. The number of thiazole rings is 1. The van der Waals surface area contributed by atoms with Gasteiger partial charge in [-0.3, -0.25) is 10.1 Å². The maximum Gasteiger partial charge on any atom is 0.307 e. The highest BCUT2D eigenvalue weighted by Crippen LogP contribution is 2.27. The first-order valence-electron chi connectivity index (χ1n) is 5.03. The monoisotopic (exact) mass is 252 g/mol. The van der Waals surface area contributed by atoms with Gasteiger partial charge in [0.2, 0.25) is 0 Å². The highest BCUT2D eigenvalue weighted by atomic mass is 32.1. The third kappa shape index (κ3) is 2.33. The summed E-state index contributed by atoms with van der Waals surface area (Å²) in [6.45, 7) is 6.21. The van der Waals surface area contributed by atoms with Crippen LogP contribution in [0.5, 0.6) is 0 Å². The van der Waals surface area contributed by atoms with Crippen molar-refractivity contribution in [3.05, 3.63) is 32.9 Å². The van der Waals surface area contributed by atoms with Crippen LogP contribution in [0.25, 0.3) is 5.82 Å². The zero-order valence-corrected chi connectivity index (χ0v) is 10.6. The molecule has 0 aliphatic heterocycles. The van der Waals surface area contributed by atoms with Gasteiger partial charge >= 0.3 is 5.69 Å². The zero-order valence-electron chi connectivity index (χ0n) is 9.75. The summed E-state index contributed by atoms with van der Waals surface area (Å²) in [6, 6.07) is 0. The number of nitrogens with zero attached hydrogens (tertiary/aromatic N) is 4. The fraction of sp³-hybridized carbons (Fsp3) is 0.400. The van der Waals surface area contributed by atoms with Gasteiger partial charge in [0.1, 0.15) is 17.4 Å². The summed E-state index contributed by atoms with van der Waals surface area (Å²) in [4.78, 5) is 14.5. The summed E-state index contributed by atoms with van der Waals surface area (Å²) in [7, 11) is 0. The largest absolute Gasteiger partial charge is 0.307 e. The van der Waals surface area contributed by atoms with Crippen LogP contribution in [0.15, 0.2) is 17.8 Å². The van der Waals surface area contributed by atoms with E-state index in [0.717, 1.165) is 5.01 Å². The molecular weight excluding hydrogens is 240 g/mol. The van der Waals surface area contributed by atoms with E-state index in [2.05, 4.69) is 30.9 Å². The van der Waals surface area contributed by atoms with Gasteiger partial charge in [0.15, 0.2) is 5.82 Å². The van der Waals surface area contributed by atoms with Crippen molar-refractivity contribution in [3.63, 3.8) is 0 Å². The van der Waals surface area contributed by atoms with Gasteiger partial charge in [-0.05, 0) is 0 Å². The second-order valence-corrected chi connectivity index (χ2v) is 5.52. The molecule has 0 unspecified atom stereocenters. The first kappa shape index (κ1) is 11.7. The third-order valence-electron chi connectivity index (χ3n) is 2.15. The van der Waals surface area contributed by atoms with Crippen LogP contribution in [0.2, 0.25) is 0 Å². The summed E-state index contributed by atoms with van der Waals surface area (Å²) in [5.74, 6) is 0.619. The van der Waals surface area contributed by atoms with Gasteiger partial charge in [-0.15, -0.1) is 11.3 Å². The standard InChI is InChI=1S/C10H12N4O2S/c1-10(2,3)9-12-8(6-17-9)13-5-7(4-11-13)14(15)16/h4-6H,1-3H3. The van der Waals surface area contributed by atoms with Crippen molar-refractivity contribution >= 4 is 17.0 Å². The quantitative estimate of drug-likeness (QED) is 0.608. The normalized spacial score (nSPS) is 11.7. The molecule has 2 heterocycles. The van der Waals surface area contributed by atoms with Crippen LogP contribution < -0.4 is 0 Å². The number of rotatable bonds is 2. The summed E-state index contributed by atoms with van der Waals surface area (Å²) in [5, 5.41) is 17.3. The second kappa shape index (κ2) is 3.92. The molecule has 0 saturated heterocycles. The van der Waals surface area contributed by atoms with Crippen LogP contribution in [-0.4, -0.2) is 19.7 Å². The molecule has 0 aliphatic rings. The van der Waals surface area contributed by atoms with E-state index in [0.29, 0.717) is 5.82 Å². The minimum Gasteiger partial charge on any atom is -0.258 e. The molecule has 0 N–H and O–H groups in total. The molecule has 7 heteroatoms. The molecule has 0 aromatic carbocycles. The maximum atomic E-state index is 10.5.